The maximum absolute atomic E-state index is 13.3. The number of nitrogens with zero attached hydrogens (tertiary/aromatic N) is 2. The number of nitrogens with one attached hydrogen (secondary N) is 1. The number of amides is 3. The second-order valence-electron chi connectivity index (χ2n) is 6.81. The lowest BCUT2D eigenvalue weighted by atomic mass is 9.93. The standard InChI is InChI=1S/C20H18ClN3O4/c21-16-6-5-14(23-8-7-22-20(23)28)10-15(16)18(25)24-11-13-4-2-1-3-12(13)9-17(24)19(26)27/h1-6,10,17H,7-9,11H2,(H,22,28)(H,26,27). The fourth-order valence-electron chi connectivity index (χ4n) is 3.67. The number of benzene rings is 2. The lowest BCUT2D eigenvalue weighted by Gasteiger charge is -2.34. The maximum atomic E-state index is 13.3. The summed E-state index contributed by atoms with van der Waals surface area (Å²) in [5.74, 6) is -1.53. The van der Waals surface area contributed by atoms with Crippen molar-refractivity contribution in [3.63, 3.8) is 0 Å². The molecule has 0 radical (unpaired) electrons. The van der Waals surface area contributed by atoms with E-state index in [9.17, 15) is 19.5 Å². The molecule has 3 amide bonds. The number of carbonyl (C=O) groups is 3. The molecule has 8 heteroatoms. The molecule has 28 heavy (non-hydrogen) atoms. The summed E-state index contributed by atoms with van der Waals surface area (Å²) in [5, 5.41) is 12.6. The number of fused-ring (bicyclic) bond motifs is 1. The monoisotopic (exact) mass is 399 g/mol. The molecule has 0 aromatic heterocycles. The van der Waals surface area contributed by atoms with E-state index in [4.69, 9.17) is 11.6 Å². The first-order chi connectivity index (χ1) is 13.5. The van der Waals surface area contributed by atoms with Crippen LogP contribution in [-0.2, 0) is 17.8 Å². The van der Waals surface area contributed by atoms with Crippen LogP contribution in [0, 0.1) is 0 Å². The Balaban J connectivity index is 1.70. The van der Waals surface area contributed by atoms with Crippen LogP contribution in [-0.4, -0.2) is 47.0 Å². The normalized spacial score (nSPS) is 18.6. The lowest BCUT2D eigenvalue weighted by molar-refractivity contribution is -0.142. The third-order valence-electron chi connectivity index (χ3n) is 5.14. The second-order valence-corrected chi connectivity index (χ2v) is 7.21. The zero-order chi connectivity index (χ0) is 19.8. The molecule has 0 saturated carbocycles. The summed E-state index contributed by atoms with van der Waals surface area (Å²) in [6.45, 7) is 1.20. The van der Waals surface area contributed by atoms with E-state index in [2.05, 4.69) is 5.32 Å². The summed E-state index contributed by atoms with van der Waals surface area (Å²) in [5.41, 5.74) is 2.57. The Morgan fingerprint density at radius 2 is 1.89 bits per heavy atom. The van der Waals surface area contributed by atoms with Crippen molar-refractivity contribution < 1.29 is 19.5 Å². The van der Waals surface area contributed by atoms with Crippen LogP contribution in [0.3, 0.4) is 0 Å². The third-order valence-corrected chi connectivity index (χ3v) is 5.47. The van der Waals surface area contributed by atoms with Gasteiger partial charge in [-0.15, -0.1) is 0 Å². The van der Waals surface area contributed by atoms with Crippen molar-refractivity contribution in [1.29, 1.82) is 0 Å². The van der Waals surface area contributed by atoms with Crippen molar-refractivity contribution >= 4 is 35.2 Å². The number of anilines is 1. The van der Waals surface area contributed by atoms with Crippen LogP contribution in [0.15, 0.2) is 42.5 Å². The number of halogens is 1. The third kappa shape index (κ3) is 3.18. The van der Waals surface area contributed by atoms with Gasteiger partial charge in [0, 0.05) is 31.7 Å². The van der Waals surface area contributed by atoms with Crippen molar-refractivity contribution in [2.45, 2.75) is 19.0 Å². The highest BCUT2D eigenvalue weighted by Crippen LogP contribution is 2.30. The molecule has 4 rings (SSSR count). The van der Waals surface area contributed by atoms with Gasteiger partial charge in [-0.2, -0.15) is 0 Å². The Kier molecular flexibility index (Phi) is 4.68. The van der Waals surface area contributed by atoms with E-state index in [0.717, 1.165) is 11.1 Å². The SMILES string of the molecule is O=C(O)C1Cc2ccccc2CN1C(=O)c1cc(N2CCNC2=O)ccc1Cl. The van der Waals surface area contributed by atoms with Crippen LogP contribution in [0.2, 0.25) is 5.02 Å². The Morgan fingerprint density at radius 3 is 2.57 bits per heavy atom. The number of carbonyl (C=O) groups excluding carboxylic acids is 2. The molecule has 2 aromatic carbocycles. The molecule has 144 valence electrons. The molecule has 2 heterocycles. The van der Waals surface area contributed by atoms with Gasteiger partial charge in [0.1, 0.15) is 6.04 Å². The van der Waals surface area contributed by atoms with Crippen molar-refractivity contribution in [3.05, 3.63) is 64.2 Å². The molecular formula is C20H18ClN3O4. The topological polar surface area (TPSA) is 89.9 Å². The molecule has 0 aliphatic carbocycles. The van der Waals surface area contributed by atoms with E-state index >= 15 is 0 Å². The molecule has 1 unspecified atom stereocenters. The first-order valence-corrected chi connectivity index (χ1v) is 9.29. The van der Waals surface area contributed by atoms with Gasteiger partial charge in [-0.1, -0.05) is 35.9 Å². The molecule has 0 bridgehead atoms. The lowest BCUT2D eigenvalue weighted by Crippen LogP contribution is -2.48. The summed E-state index contributed by atoms with van der Waals surface area (Å²) >= 11 is 6.27. The predicted octanol–water partition coefficient (Wildman–Crippen LogP) is 2.52. The Bertz CT molecular complexity index is 978. The van der Waals surface area contributed by atoms with Gasteiger partial charge in [0.25, 0.3) is 5.91 Å². The van der Waals surface area contributed by atoms with E-state index in [0.29, 0.717) is 18.8 Å². The highest BCUT2D eigenvalue weighted by molar-refractivity contribution is 6.34. The quantitative estimate of drug-likeness (QED) is 0.829. The molecule has 2 N–H and O–H groups in total. The molecule has 0 spiro atoms. The molecule has 2 aliphatic rings. The maximum Gasteiger partial charge on any atom is 0.326 e. The van der Waals surface area contributed by atoms with Crippen LogP contribution in [0.1, 0.15) is 21.5 Å². The summed E-state index contributed by atoms with van der Waals surface area (Å²) in [7, 11) is 0. The summed E-state index contributed by atoms with van der Waals surface area (Å²) in [6.07, 6.45) is 0.239. The van der Waals surface area contributed by atoms with Crippen LogP contribution in [0.4, 0.5) is 10.5 Å². The largest absolute Gasteiger partial charge is 0.480 e. The minimum Gasteiger partial charge on any atom is -0.480 e. The minimum absolute atomic E-state index is 0.185. The van der Waals surface area contributed by atoms with E-state index in [-0.39, 0.29) is 29.6 Å². The smallest absolute Gasteiger partial charge is 0.326 e. The fourth-order valence-corrected chi connectivity index (χ4v) is 3.87. The van der Waals surface area contributed by atoms with Gasteiger partial charge < -0.3 is 15.3 Å². The Morgan fingerprint density at radius 1 is 1.14 bits per heavy atom. The number of rotatable bonds is 3. The molecule has 1 fully saturated rings. The highest BCUT2D eigenvalue weighted by Gasteiger charge is 2.36. The van der Waals surface area contributed by atoms with Crippen LogP contribution < -0.4 is 10.2 Å². The Labute approximate surface area is 166 Å². The van der Waals surface area contributed by atoms with Crippen molar-refractivity contribution in [2.75, 3.05) is 18.0 Å². The second kappa shape index (κ2) is 7.16. The molecule has 1 atom stereocenters. The first-order valence-electron chi connectivity index (χ1n) is 8.91. The van der Waals surface area contributed by atoms with Gasteiger partial charge in [-0.05, 0) is 29.3 Å². The van der Waals surface area contributed by atoms with Gasteiger partial charge >= 0.3 is 12.0 Å². The minimum atomic E-state index is -1.06. The summed E-state index contributed by atoms with van der Waals surface area (Å²) < 4.78 is 0. The number of hydrogen-bond donors (Lipinski definition) is 2. The van der Waals surface area contributed by atoms with Crippen LogP contribution in [0.25, 0.3) is 0 Å². The van der Waals surface area contributed by atoms with Gasteiger partial charge in [-0.25, -0.2) is 9.59 Å². The van der Waals surface area contributed by atoms with Gasteiger partial charge in [0.2, 0.25) is 0 Å². The van der Waals surface area contributed by atoms with Crippen LogP contribution in [0.5, 0.6) is 0 Å². The van der Waals surface area contributed by atoms with Crippen molar-refractivity contribution in [3.8, 4) is 0 Å². The number of carboxylic acids is 1. The van der Waals surface area contributed by atoms with Gasteiger partial charge in [0.15, 0.2) is 0 Å². The van der Waals surface area contributed by atoms with Crippen molar-refractivity contribution in [1.82, 2.24) is 10.2 Å². The molecule has 2 aromatic rings. The zero-order valence-electron chi connectivity index (χ0n) is 14.9. The average Bonchev–Trinajstić information content (AvgIpc) is 3.12. The molecule has 1 saturated heterocycles. The number of aliphatic carboxylic acids is 1. The van der Waals surface area contributed by atoms with Gasteiger partial charge in [-0.3, -0.25) is 9.69 Å². The van der Waals surface area contributed by atoms with E-state index < -0.39 is 17.9 Å². The number of hydrogen-bond acceptors (Lipinski definition) is 3. The summed E-state index contributed by atoms with van der Waals surface area (Å²) in [4.78, 5) is 39.9. The molecular weight excluding hydrogens is 382 g/mol. The average molecular weight is 400 g/mol. The highest BCUT2D eigenvalue weighted by atomic mass is 35.5. The summed E-state index contributed by atoms with van der Waals surface area (Å²) in [6, 6.07) is 11.1. The zero-order valence-corrected chi connectivity index (χ0v) is 15.6. The number of urea groups is 1. The van der Waals surface area contributed by atoms with E-state index in [1.54, 1.807) is 18.2 Å². The molecule has 7 nitrogen and oxygen atoms in total. The van der Waals surface area contributed by atoms with Gasteiger partial charge in [0.05, 0.1) is 10.6 Å². The first kappa shape index (κ1) is 18.3. The van der Waals surface area contributed by atoms with E-state index in [1.807, 2.05) is 24.3 Å². The fraction of sp³-hybridized carbons (Fsp3) is 0.250. The number of carboxylic acid groups (broad SMARTS) is 1. The van der Waals surface area contributed by atoms with Crippen molar-refractivity contribution in [2.24, 2.45) is 0 Å². The van der Waals surface area contributed by atoms with E-state index in [1.165, 1.54) is 9.80 Å². The van der Waals surface area contributed by atoms with Crippen LogP contribution >= 0.6 is 11.6 Å². The molecule has 2 aliphatic heterocycles. The predicted molar refractivity (Wildman–Crippen MR) is 104 cm³/mol. The Hall–Kier alpha value is -3.06.